The molecule has 3 aromatic rings. The number of para-hydroxylation sites is 1. The number of nitrogens with zero attached hydrogens (tertiary/aromatic N) is 4. The number of hydrogen-bond acceptors (Lipinski definition) is 10. The molecule has 35 heavy (non-hydrogen) atoms. The van der Waals surface area contributed by atoms with Gasteiger partial charge in [0.05, 0.1) is 0 Å². The van der Waals surface area contributed by atoms with Crippen LogP contribution in [0.4, 0.5) is 6.01 Å². The standard InChI is InChI=1S/C25H22N4O6/c30-21-9-10-22(31)35-25(34-21)16-29(18-11-13-28(25)14-12-18)24-27-26-23(33-24)17-5-4-8-20(15-17)32-19-6-2-1-3-7-19/h1-10,15,18H,11-14,16H2. The molecule has 0 unspecified atom stereocenters. The van der Waals surface area contributed by atoms with E-state index in [-0.39, 0.29) is 18.6 Å². The van der Waals surface area contributed by atoms with Crippen molar-refractivity contribution < 1.29 is 28.2 Å². The Labute approximate surface area is 200 Å². The second-order valence-corrected chi connectivity index (χ2v) is 8.57. The second kappa shape index (κ2) is 8.55. The van der Waals surface area contributed by atoms with Gasteiger partial charge in [-0.15, -0.1) is 5.10 Å². The van der Waals surface area contributed by atoms with Crippen LogP contribution in [0.15, 0.2) is 71.2 Å². The van der Waals surface area contributed by atoms with Crippen LogP contribution in [0.5, 0.6) is 11.5 Å². The normalized spacial score (nSPS) is 22.9. The monoisotopic (exact) mass is 474 g/mol. The molecule has 1 spiro atoms. The maximum absolute atomic E-state index is 12.2. The van der Waals surface area contributed by atoms with E-state index in [1.54, 1.807) is 0 Å². The first-order valence-electron chi connectivity index (χ1n) is 11.4. The number of benzene rings is 2. The molecule has 7 rings (SSSR count). The van der Waals surface area contributed by atoms with E-state index >= 15 is 0 Å². The van der Waals surface area contributed by atoms with Crippen LogP contribution < -0.4 is 9.64 Å². The van der Waals surface area contributed by atoms with Crippen LogP contribution in [0.3, 0.4) is 0 Å². The molecule has 178 valence electrons. The van der Waals surface area contributed by atoms with Gasteiger partial charge in [0, 0.05) is 36.8 Å². The predicted octanol–water partition coefficient (Wildman–Crippen LogP) is 3.12. The molecule has 0 N–H and O–H groups in total. The minimum atomic E-state index is -1.55. The van der Waals surface area contributed by atoms with Crippen molar-refractivity contribution in [3.05, 3.63) is 66.7 Å². The van der Waals surface area contributed by atoms with Crippen LogP contribution in [0.1, 0.15) is 12.8 Å². The van der Waals surface area contributed by atoms with Gasteiger partial charge in [0.15, 0.2) is 0 Å². The summed E-state index contributed by atoms with van der Waals surface area (Å²) < 4.78 is 23.3. The zero-order valence-corrected chi connectivity index (χ0v) is 18.7. The van der Waals surface area contributed by atoms with E-state index in [0.29, 0.717) is 30.3 Å². The Bertz CT molecular complexity index is 1260. The number of piperidine rings is 1. The van der Waals surface area contributed by atoms with Crippen molar-refractivity contribution in [2.24, 2.45) is 0 Å². The van der Waals surface area contributed by atoms with E-state index < -0.39 is 17.8 Å². The summed E-state index contributed by atoms with van der Waals surface area (Å²) >= 11 is 0. The van der Waals surface area contributed by atoms with Crippen LogP contribution in [0.25, 0.3) is 11.5 Å². The number of carbonyl (C=O) groups is 2. The fraction of sp³-hybridized carbons (Fsp3) is 0.280. The highest BCUT2D eigenvalue weighted by molar-refractivity contribution is 5.93. The molecule has 0 radical (unpaired) electrons. The Morgan fingerprint density at radius 2 is 1.60 bits per heavy atom. The molecule has 10 nitrogen and oxygen atoms in total. The average molecular weight is 474 g/mol. The number of fused-ring (bicyclic) bond motifs is 3. The van der Waals surface area contributed by atoms with E-state index in [9.17, 15) is 9.59 Å². The highest BCUT2D eigenvalue weighted by Gasteiger charge is 2.53. The van der Waals surface area contributed by atoms with Crippen molar-refractivity contribution in [3.63, 3.8) is 0 Å². The zero-order valence-electron chi connectivity index (χ0n) is 18.7. The third-order valence-corrected chi connectivity index (χ3v) is 6.35. The van der Waals surface area contributed by atoms with Crippen molar-refractivity contribution >= 4 is 18.0 Å². The van der Waals surface area contributed by atoms with Gasteiger partial charge in [-0.05, 0) is 43.2 Å². The number of rotatable bonds is 4. The minimum Gasteiger partial charge on any atom is -0.457 e. The topological polar surface area (TPSA) is 107 Å². The molecule has 10 heteroatoms. The molecule has 0 aliphatic carbocycles. The first kappa shape index (κ1) is 21.4. The van der Waals surface area contributed by atoms with Crippen molar-refractivity contribution in [2.45, 2.75) is 24.8 Å². The Morgan fingerprint density at radius 3 is 2.34 bits per heavy atom. The molecule has 1 aromatic heterocycles. The van der Waals surface area contributed by atoms with Crippen LogP contribution in [-0.2, 0) is 19.1 Å². The Balaban J connectivity index is 1.28. The highest BCUT2D eigenvalue weighted by atomic mass is 16.8. The van der Waals surface area contributed by atoms with Gasteiger partial charge >= 0.3 is 23.9 Å². The molecular formula is C25H22N4O6. The summed E-state index contributed by atoms with van der Waals surface area (Å²) in [6.45, 7) is 1.26. The summed E-state index contributed by atoms with van der Waals surface area (Å²) in [6, 6.07) is 17.2. The van der Waals surface area contributed by atoms with Gasteiger partial charge < -0.3 is 23.5 Å². The maximum atomic E-state index is 12.2. The molecule has 0 atom stereocenters. The smallest absolute Gasteiger partial charge is 0.339 e. The lowest BCUT2D eigenvalue weighted by molar-refractivity contribution is -0.274. The van der Waals surface area contributed by atoms with Crippen LogP contribution >= 0.6 is 0 Å². The minimum absolute atomic E-state index is 0.0651. The van der Waals surface area contributed by atoms with Gasteiger partial charge in [0.1, 0.15) is 18.0 Å². The number of ether oxygens (including phenoxy) is 3. The molecule has 3 saturated heterocycles. The quantitative estimate of drug-likeness (QED) is 0.524. The van der Waals surface area contributed by atoms with E-state index in [2.05, 4.69) is 10.2 Å². The first-order valence-corrected chi connectivity index (χ1v) is 11.4. The van der Waals surface area contributed by atoms with Crippen molar-refractivity contribution in [1.82, 2.24) is 15.1 Å². The first-order chi connectivity index (χ1) is 17.1. The second-order valence-electron chi connectivity index (χ2n) is 8.57. The summed E-state index contributed by atoms with van der Waals surface area (Å²) in [4.78, 5) is 28.2. The van der Waals surface area contributed by atoms with Crippen molar-refractivity contribution in [3.8, 4) is 23.0 Å². The Kier molecular flexibility index (Phi) is 5.22. The third kappa shape index (κ3) is 4.12. The molecule has 3 fully saturated rings. The van der Waals surface area contributed by atoms with E-state index in [1.807, 2.05) is 64.4 Å². The summed E-state index contributed by atoms with van der Waals surface area (Å²) in [5.74, 6) is -1.15. The summed E-state index contributed by atoms with van der Waals surface area (Å²) in [6.07, 6.45) is 3.69. The van der Waals surface area contributed by atoms with Crippen molar-refractivity contribution in [2.75, 3.05) is 24.5 Å². The van der Waals surface area contributed by atoms with Gasteiger partial charge in [-0.2, -0.15) is 0 Å². The summed E-state index contributed by atoms with van der Waals surface area (Å²) in [5.41, 5.74) is 0.700. The van der Waals surface area contributed by atoms with Gasteiger partial charge in [-0.3, -0.25) is 0 Å². The van der Waals surface area contributed by atoms with Crippen LogP contribution in [0.2, 0.25) is 0 Å². The van der Waals surface area contributed by atoms with Gasteiger partial charge in [-0.25, -0.2) is 14.5 Å². The van der Waals surface area contributed by atoms with Crippen LogP contribution in [-0.4, -0.2) is 58.6 Å². The molecule has 0 amide bonds. The Morgan fingerprint density at radius 1 is 0.886 bits per heavy atom. The number of hydrogen-bond donors (Lipinski definition) is 0. The summed E-state index contributed by atoms with van der Waals surface area (Å²) in [5, 5.41) is 8.53. The number of carbonyl (C=O) groups excluding carboxylic acids is 2. The fourth-order valence-corrected chi connectivity index (χ4v) is 4.68. The van der Waals surface area contributed by atoms with E-state index in [1.165, 1.54) is 0 Å². The largest absolute Gasteiger partial charge is 0.457 e. The number of esters is 2. The number of aromatic nitrogens is 2. The summed E-state index contributed by atoms with van der Waals surface area (Å²) in [7, 11) is 0. The third-order valence-electron chi connectivity index (χ3n) is 6.35. The van der Waals surface area contributed by atoms with Crippen molar-refractivity contribution in [1.29, 1.82) is 0 Å². The molecule has 0 saturated carbocycles. The molecule has 5 heterocycles. The van der Waals surface area contributed by atoms with Gasteiger partial charge in [0.2, 0.25) is 5.89 Å². The fourth-order valence-electron chi connectivity index (χ4n) is 4.68. The zero-order chi connectivity index (χ0) is 23.8. The maximum Gasteiger partial charge on any atom is 0.339 e. The lowest BCUT2D eigenvalue weighted by Crippen LogP contribution is -2.58. The molecule has 2 bridgehead atoms. The molecule has 4 aliphatic heterocycles. The highest BCUT2D eigenvalue weighted by Crippen LogP contribution is 2.37. The average Bonchev–Trinajstić information content (AvgIpc) is 3.20. The van der Waals surface area contributed by atoms with Crippen LogP contribution in [0, 0.1) is 0 Å². The lowest BCUT2D eigenvalue weighted by Gasteiger charge is -2.39. The predicted molar refractivity (Wildman–Crippen MR) is 122 cm³/mol. The Hall–Kier alpha value is -4.18. The molecule has 4 aliphatic rings. The SMILES string of the molecule is O=C1C=CC(=O)OC2(CN(c3nnc(-c4cccc(Oc5ccccc5)c4)o3)C3CCN2CC3)O1. The van der Waals surface area contributed by atoms with E-state index in [4.69, 9.17) is 18.6 Å². The molecule has 2 aromatic carbocycles. The van der Waals surface area contributed by atoms with Gasteiger partial charge in [0.25, 0.3) is 0 Å². The van der Waals surface area contributed by atoms with Gasteiger partial charge in [-0.1, -0.05) is 29.4 Å². The molecular weight excluding hydrogens is 452 g/mol. The number of anilines is 1. The van der Waals surface area contributed by atoms with E-state index in [0.717, 1.165) is 30.7 Å². The lowest BCUT2D eigenvalue weighted by atomic mass is 10.1.